The minimum Gasteiger partial charge on any atom is -0.388 e. The normalized spacial score (nSPS) is 12.3. The molecule has 1 N–H and O–H groups in total. The van der Waals surface area contributed by atoms with Crippen molar-refractivity contribution in [3.63, 3.8) is 0 Å². The van der Waals surface area contributed by atoms with E-state index in [1.54, 1.807) is 11.8 Å². The van der Waals surface area contributed by atoms with Crippen LogP contribution in [-0.4, -0.2) is 10.9 Å². The Balaban J connectivity index is 1.79. The van der Waals surface area contributed by atoms with Crippen LogP contribution >= 0.6 is 11.8 Å². The van der Waals surface area contributed by atoms with Crippen LogP contribution in [0.15, 0.2) is 65.6 Å². The van der Waals surface area contributed by atoms with Crippen molar-refractivity contribution in [2.75, 3.05) is 5.75 Å². The summed E-state index contributed by atoms with van der Waals surface area (Å²) < 4.78 is 0. The van der Waals surface area contributed by atoms with Crippen LogP contribution in [0, 0.1) is 0 Å². The molecule has 0 aliphatic carbocycles. The Labute approximate surface area is 107 Å². The molecule has 2 aromatic carbocycles. The summed E-state index contributed by atoms with van der Waals surface area (Å²) in [5.41, 5.74) is 1.00. The van der Waals surface area contributed by atoms with Gasteiger partial charge in [-0.2, -0.15) is 0 Å². The molecule has 2 rings (SSSR count). The minimum atomic E-state index is -0.354. The van der Waals surface area contributed by atoms with Crippen LogP contribution in [-0.2, 0) is 0 Å². The van der Waals surface area contributed by atoms with E-state index in [9.17, 15) is 5.11 Å². The first kappa shape index (κ1) is 12.2. The van der Waals surface area contributed by atoms with E-state index >= 15 is 0 Å². The lowest BCUT2D eigenvalue weighted by molar-refractivity contribution is 0.175. The average Bonchev–Trinajstić information content (AvgIpc) is 2.41. The maximum Gasteiger partial charge on any atom is 0.0798 e. The first-order valence-corrected chi connectivity index (χ1v) is 6.75. The van der Waals surface area contributed by atoms with Crippen LogP contribution in [0.3, 0.4) is 0 Å². The first-order valence-electron chi connectivity index (χ1n) is 5.77. The Morgan fingerprint density at radius 3 is 2.12 bits per heavy atom. The highest BCUT2D eigenvalue weighted by molar-refractivity contribution is 7.99. The lowest BCUT2D eigenvalue weighted by atomic mass is 10.1. The minimum absolute atomic E-state index is 0.354. The van der Waals surface area contributed by atoms with Gasteiger partial charge < -0.3 is 5.11 Å². The van der Waals surface area contributed by atoms with Gasteiger partial charge in [-0.15, -0.1) is 11.8 Å². The van der Waals surface area contributed by atoms with Gasteiger partial charge in [-0.05, 0) is 24.1 Å². The van der Waals surface area contributed by atoms with Crippen LogP contribution in [0.1, 0.15) is 18.1 Å². The Kier molecular flexibility index (Phi) is 4.65. The first-order chi connectivity index (χ1) is 8.36. The fraction of sp³-hybridized carbons (Fsp3) is 0.200. The number of aliphatic hydroxyl groups excluding tert-OH is 1. The van der Waals surface area contributed by atoms with Crippen LogP contribution in [0.5, 0.6) is 0 Å². The molecular formula is C15H16OS. The fourth-order valence-electron chi connectivity index (χ4n) is 1.65. The van der Waals surface area contributed by atoms with E-state index in [2.05, 4.69) is 12.1 Å². The molecule has 0 aliphatic rings. The van der Waals surface area contributed by atoms with E-state index in [0.29, 0.717) is 0 Å². The third-order valence-electron chi connectivity index (χ3n) is 2.59. The predicted molar refractivity (Wildman–Crippen MR) is 73.2 cm³/mol. The van der Waals surface area contributed by atoms with Gasteiger partial charge in [-0.25, -0.2) is 0 Å². The standard InChI is InChI=1S/C15H16OS/c16-15(13-7-3-1-4-8-13)11-12-17-14-9-5-2-6-10-14/h1-10,15-16H,11-12H2/t15-/m0/s1. The molecule has 0 heterocycles. The molecule has 1 nitrogen and oxygen atoms in total. The summed E-state index contributed by atoms with van der Waals surface area (Å²) in [6.07, 6.45) is 0.427. The number of hydrogen-bond acceptors (Lipinski definition) is 2. The number of hydrogen-bond donors (Lipinski definition) is 1. The zero-order valence-electron chi connectivity index (χ0n) is 9.62. The molecule has 88 valence electrons. The van der Waals surface area contributed by atoms with E-state index < -0.39 is 0 Å². The van der Waals surface area contributed by atoms with Gasteiger partial charge in [0.15, 0.2) is 0 Å². The van der Waals surface area contributed by atoms with Crippen molar-refractivity contribution in [3.8, 4) is 0 Å². The number of benzene rings is 2. The summed E-state index contributed by atoms with van der Waals surface area (Å²) in [5.74, 6) is 0.931. The van der Waals surface area contributed by atoms with E-state index in [1.165, 1.54) is 4.90 Å². The Morgan fingerprint density at radius 2 is 1.47 bits per heavy atom. The van der Waals surface area contributed by atoms with Gasteiger partial charge in [0.1, 0.15) is 0 Å². The van der Waals surface area contributed by atoms with E-state index in [4.69, 9.17) is 0 Å². The van der Waals surface area contributed by atoms with Gasteiger partial charge in [-0.1, -0.05) is 48.5 Å². The molecule has 1 atom stereocenters. The third kappa shape index (κ3) is 3.91. The molecule has 0 saturated carbocycles. The van der Waals surface area contributed by atoms with Crippen molar-refractivity contribution in [2.24, 2.45) is 0 Å². The molecule has 0 unspecified atom stereocenters. The maximum atomic E-state index is 9.99. The van der Waals surface area contributed by atoms with Crippen LogP contribution < -0.4 is 0 Å². The van der Waals surface area contributed by atoms with Crippen LogP contribution in [0.4, 0.5) is 0 Å². The van der Waals surface area contributed by atoms with Gasteiger partial charge >= 0.3 is 0 Å². The SMILES string of the molecule is O[C@@H](CCSc1ccccc1)c1ccccc1. The molecule has 0 radical (unpaired) electrons. The molecule has 17 heavy (non-hydrogen) atoms. The topological polar surface area (TPSA) is 20.2 Å². The Morgan fingerprint density at radius 1 is 0.882 bits per heavy atom. The van der Waals surface area contributed by atoms with Crippen molar-refractivity contribution >= 4 is 11.8 Å². The third-order valence-corrected chi connectivity index (χ3v) is 3.63. The highest BCUT2D eigenvalue weighted by Crippen LogP contribution is 2.23. The smallest absolute Gasteiger partial charge is 0.0798 e. The van der Waals surface area contributed by atoms with E-state index in [0.717, 1.165) is 17.7 Å². The Hall–Kier alpha value is -1.25. The molecule has 0 fully saturated rings. The van der Waals surface area contributed by atoms with Crippen molar-refractivity contribution in [2.45, 2.75) is 17.4 Å². The second-order valence-corrected chi connectivity index (χ2v) is 5.04. The maximum absolute atomic E-state index is 9.99. The molecule has 0 saturated heterocycles. The van der Waals surface area contributed by atoms with E-state index in [-0.39, 0.29) is 6.10 Å². The molecule has 2 aromatic rings. The number of rotatable bonds is 5. The van der Waals surface area contributed by atoms with Crippen molar-refractivity contribution in [1.82, 2.24) is 0 Å². The van der Waals surface area contributed by atoms with Crippen molar-refractivity contribution in [3.05, 3.63) is 66.2 Å². The molecule has 2 heteroatoms. The van der Waals surface area contributed by atoms with Crippen molar-refractivity contribution < 1.29 is 5.11 Å². The van der Waals surface area contributed by atoms with Gasteiger partial charge in [-0.3, -0.25) is 0 Å². The summed E-state index contributed by atoms with van der Waals surface area (Å²) in [6, 6.07) is 20.1. The van der Waals surface area contributed by atoms with Crippen molar-refractivity contribution in [1.29, 1.82) is 0 Å². The highest BCUT2D eigenvalue weighted by Gasteiger charge is 2.06. The summed E-state index contributed by atoms with van der Waals surface area (Å²) in [7, 11) is 0. The molecule has 0 aromatic heterocycles. The quantitative estimate of drug-likeness (QED) is 0.805. The Bertz CT molecular complexity index is 427. The van der Waals surface area contributed by atoms with Gasteiger partial charge in [0.25, 0.3) is 0 Å². The lowest BCUT2D eigenvalue weighted by Crippen LogP contribution is -1.98. The monoisotopic (exact) mass is 244 g/mol. The van der Waals surface area contributed by atoms with Gasteiger partial charge in [0, 0.05) is 10.6 Å². The zero-order chi connectivity index (χ0) is 11.9. The molecule has 0 spiro atoms. The molecule has 0 bridgehead atoms. The molecular weight excluding hydrogens is 228 g/mol. The van der Waals surface area contributed by atoms with E-state index in [1.807, 2.05) is 48.5 Å². The summed E-state index contributed by atoms with van der Waals surface area (Å²) in [6.45, 7) is 0. The predicted octanol–water partition coefficient (Wildman–Crippen LogP) is 3.90. The second kappa shape index (κ2) is 6.48. The van der Waals surface area contributed by atoms with Gasteiger partial charge in [0.2, 0.25) is 0 Å². The zero-order valence-corrected chi connectivity index (χ0v) is 10.4. The molecule has 0 amide bonds. The highest BCUT2D eigenvalue weighted by atomic mass is 32.2. The number of thioether (sulfide) groups is 1. The van der Waals surface area contributed by atoms with Crippen LogP contribution in [0.25, 0.3) is 0 Å². The van der Waals surface area contributed by atoms with Gasteiger partial charge in [0.05, 0.1) is 6.10 Å². The summed E-state index contributed by atoms with van der Waals surface area (Å²) >= 11 is 1.78. The largest absolute Gasteiger partial charge is 0.388 e. The second-order valence-electron chi connectivity index (χ2n) is 3.88. The fourth-order valence-corrected chi connectivity index (χ4v) is 2.57. The average molecular weight is 244 g/mol. The summed E-state index contributed by atoms with van der Waals surface area (Å²) in [5, 5.41) is 9.99. The molecule has 0 aliphatic heterocycles. The number of aliphatic hydroxyl groups is 1. The lowest BCUT2D eigenvalue weighted by Gasteiger charge is -2.10. The van der Waals surface area contributed by atoms with Crippen LogP contribution in [0.2, 0.25) is 0 Å². The summed E-state index contributed by atoms with van der Waals surface area (Å²) in [4.78, 5) is 1.26.